The number of alkyl halides is 2. The van der Waals surface area contributed by atoms with E-state index in [0.29, 0.717) is 38.1 Å². The normalized spacial score (nSPS) is 20.1. The smallest absolute Gasteiger partial charge is 0.322 e. The van der Waals surface area contributed by atoms with E-state index < -0.39 is 11.8 Å². The topological polar surface area (TPSA) is 115 Å². The summed E-state index contributed by atoms with van der Waals surface area (Å²) in [5, 5.41) is 2.68. The molecule has 1 amide bonds. The number of pyridine rings is 1. The van der Waals surface area contributed by atoms with Crippen molar-refractivity contribution in [2.24, 2.45) is 16.8 Å². The van der Waals surface area contributed by atoms with Crippen molar-refractivity contribution in [2.75, 3.05) is 38.3 Å². The van der Waals surface area contributed by atoms with Gasteiger partial charge in [-0.15, -0.1) is 0 Å². The van der Waals surface area contributed by atoms with E-state index in [1.807, 2.05) is 17.9 Å². The van der Waals surface area contributed by atoms with E-state index in [0.717, 1.165) is 29.8 Å². The van der Waals surface area contributed by atoms with Crippen LogP contribution in [-0.2, 0) is 11.3 Å². The summed E-state index contributed by atoms with van der Waals surface area (Å²) in [6.45, 7) is 4.25. The van der Waals surface area contributed by atoms with Gasteiger partial charge in [-0.25, -0.2) is 8.78 Å². The van der Waals surface area contributed by atoms with E-state index in [9.17, 15) is 13.6 Å². The maximum absolute atomic E-state index is 13.1. The molecular formula is C25H31F2N7O3. The molecule has 3 aliphatic rings. The number of amides is 1. The van der Waals surface area contributed by atoms with Crippen LogP contribution in [0.3, 0.4) is 0 Å². The Morgan fingerprint density at radius 3 is 2.76 bits per heavy atom. The average molecular weight is 516 g/mol. The van der Waals surface area contributed by atoms with E-state index >= 15 is 0 Å². The molecule has 1 aliphatic carbocycles. The number of aliphatic imine (C=N–C) groups is 1. The van der Waals surface area contributed by atoms with Gasteiger partial charge in [0, 0.05) is 63.0 Å². The number of anilines is 1. The van der Waals surface area contributed by atoms with Crippen molar-refractivity contribution in [3.05, 3.63) is 35.4 Å². The van der Waals surface area contributed by atoms with Gasteiger partial charge in [-0.3, -0.25) is 14.8 Å². The summed E-state index contributed by atoms with van der Waals surface area (Å²) in [6, 6.07) is 4.04. The lowest BCUT2D eigenvalue weighted by Crippen LogP contribution is -2.43. The number of aromatic nitrogens is 4. The second-order valence-corrected chi connectivity index (χ2v) is 9.93. The number of carbonyl (C=O) groups is 1. The maximum Gasteiger partial charge on any atom is 0.322 e. The van der Waals surface area contributed by atoms with Gasteiger partial charge in [-0.1, -0.05) is 0 Å². The first-order valence-corrected chi connectivity index (χ1v) is 12.6. The fraction of sp³-hybridized carbons (Fsp3) is 0.600. The zero-order chi connectivity index (χ0) is 26.0. The monoisotopic (exact) mass is 515 g/mol. The fourth-order valence-corrected chi connectivity index (χ4v) is 5.08. The lowest BCUT2D eigenvalue weighted by Gasteiger charge is -2.34. The molecule has 0 unspecified atom stereocenters. The Morgan fingerprint density at radius 2 is 2.03 bits per heavy atom. The van der Waals surface area contributed by atoms with Crippen molar-refractivity contribution in [3.63, 3.8) is 0 Å². The Bertz CT molecular complexity index is 1160. The Kier molecular flexibility index (Phi) is 7.27. The van der Waals surface area contributed by atoms with Crippen molar-refractivity contribution in [2.45, 2.75) is 51.2 Å². The average Bonchev–Trinajstić information content (AvgIpc) is 3.30. The highest BCUT2D eigenvalue weighted by Crippen LogP contribution is 2.41. The van der Waals surface area contributed by atoms with E-state index in [1.54, 1.807) is 13.3 Å². The Labute approximate surface area is 213 Å². The minimum absolute atomic E-state index is 0.0252. The van der Waals surface area contributed by atoms with Crippen LogP contribution in [0.2, 0.25) is 0 Å². The number of nitrogens with one attached hydrogen (secondary N) is 1. The van der Waals surface area contributed by atoms with Crippen LogP contribution in [0, 0.1) is 11.8 Å². The van der Waals surface area contributed by atoms with E-state index in [1.165, 1.54) is 0 Å². The molecule has 0 bridgehead atoms. The number of hydrogen-bond acceptors (Lipinski definition) is 9. The molecule has 2 aliphatic heterocycles. The van der Waals surface area contributed by atoms with E-state index in [-0.39, 0.29) is 43.2 Å². The Hall–Kier alpha value is -3.28. The highest BCUT2D eigenvalue weighted by atomic mass is 19.3. The number of nitrogens with zero attached hydrogens (tertiary/aromatic N) is 6. The summed E-state index contributed by atoms with van der Waals surface area (Å²) in [5.74, 6) is -2.87. The molecule has 2 aromatic heterocycles. The minimum Gasteiger partial charge on any atom is -0.458 e. The van der Waals surface area contributed by atoms with Crippen molar-refractivity contribution < 1.29 is 23.0 Å². The molecule has 1 saturated carbocycles. The predicted molar refractivity (Wildman–Crippen MR) is 131 cm³/mol. The van der Waals surface area contributed by atoms with Crippen LogP contribution in [0.25, 0.3) is 0 Å². The number of carbonyl (C=O) groups excluding carboxylic acids is 1. The van der Waals surface area contributed by atoms with Gasteiger partial charge >= 0.3 is 6.01 Å². The third-order valence-electron chi connectivity index (χ3n) is 6.97. The largest absolute Gasteiger partial charge is 0.458 e. The lowest BCUT2D eigenvalue weighted by molar-refractivity contribution is -0.108. The van der Waals surface area contributed by atoms with Crippen LogP contribution < -0.4 is 15.0 Å². The van der Waals surface area contributed by atoms with Crippen molar-refractivity contribution >= 4 is 17.6 Å². The molecule has 12 heteroatoms. The molecular weight excluding hydrogens is 484 g/mol. The predicted octanol–water partition coefficient (Wildman–Crippen LogP) is 2.67. The van der Waals surface area contributed by atoms with Crippen LogP contribution in [0.4, 0.5) is 14.7 Å². The first kappa shape index (κ1) is 25.4. The molecule has 0 aromatic carbocycles. The van der Waals surface area contributed by atoms with Crippen molar-refractivity contribution in [3.8, 4) is 6.01 Å². The van der Waals surface area contributed by atoms with Gasteiger partial charge in [-0.05, 0) is 37.8 Å². The number of rotatable bonds is 9. The first-order valence-electron chi connectivity index (χ1n) is 12.6. The highest BCUT2D eigenvalue weighted by molar-refractivity contribution is 6.04. The molecule has 2 aromatic rings. The summed E-state index contributed by atoms with van der Waals surface area (Å²) >= 11 is 0. The van der Waals surface area contributed by atoms with Gasteiger partial charge in [0.05, 0.1) is 18.8 Å². The van der Waals surface area contributed by atoms with Crippen LogP contribution in [0.5, 0.6) is 6.01 Å². The van der Waals surface area contributed by atoms with E-state index in [2.05, 4.69) is 31.3 Å². The van der Waals surface area contributed by atoms with E-state index in [4.69, 9.17) is 14.5 Å². The molecule has 1 atom stereocenters. The van der Waals surface area contributed by atoms with Crippen LogP contribution in [0.1, 0.15) is 54.5 Å². The lowest BCUT2D eigenvalue weighted by atomic mass is 9.81. The van der Waals surface area contributed by atoms with Gasteiger partial charge in [0.25, 0.3) is 5.91 Å². The van der Waals surface area contributed by atoms with Crippen LogP contribution >= 0.6 is 0 Å². The molecule has 37 heavy (non-hydrogen) atoms. The molecule has 5 rings (SSSR count). The molecule has 2 fully saturated rings. The van der Waals surface area contributed by atoms with Gasteiger partial charge in [0.15, 0.2) is 0 Å². The molecule has 4 heterocycles. The van der Waals surface area contributed by atoms with Crippen molar-refractivity contribution in [1.29, 1.82) is 0 Å². The quantitative estimate of drug-likeness (QED) is 0.542. The molecule has 1 saturated heterocycles. The number of halogens is 2. The van der Waals surface area contributed by atoms with Gasteiger partial charge in [-0.2, -0.15) is 15.0 Å². The van der Waals surface area contributed by atoms with Crippen molar-refractivity contribution in [1.82, 2.24) is 25.3 Å². The number of methoxy groups -OCH3 is 1. The molecule has 10 nitrogen and oxygen atoms in total. The summed E-state index contributed by atoms with van der Waals surface area (Å²) in [7, 11) is 1.56. The molecule has 1 N–H and O–H groups in total. The Balaban J connectivity index is 1.27. The Morgan fingerprint density at radius 1 is 1.24 bits per heavy atom. The SMILES string of the molecule is COC[C@@H](C)Oc1nc(C(=O)NCC2CC(F)(F)C2)nc(N2CCC(C3=NCc4ncccc43)CC2)n1. The molecule has 198 valence electrons. The maximum atomic E-state index is 13.1. The number of fused-ring (bicyclic) bond motifs is 1. The summed E-state index contributed by atoms with van der Waals surface area (Å²) in [5.41, 5.74) is 3.26. The summed E-state index contributed by atoms with van der Waals surface area (Å²) in [4.78, 5) is 37.1. The molecule has 0 radical (unpaired) electrons. The van der Waals surface area contributed by atoms with Gasteiger partial charge < -0.3 is 19.7 Å². The summed E-state index contributed by atoms with van der Waals surface area (Å²) < 4.78 is 37.2. The number of ether oxygens (including phenoxy) is 2. The zero-order valence-corrected chi connectivity index (χ0v) is 21.0. The zero-order valence-electron chi connectivity index (χ0n) is 21.0. The van der Waals surface area contributed by atoms with Gasteiger partial charge in [0.2, 0.25) is 17.7 Å². The third kappa shape index (κ3) is 5.84. The fourth-order valence-electron chi connectivity index (χ4n) is 5.08. The van der Waals surface area contributed by atoms with Gasteiger partial charge in [0.1, 0.15) is 6.10 Å². The first-order chi connectivity index (χ1) is 17.8. The highest BCUT2D eigenvalue weighted by Gasteiger charge is 2.45. The van der Waals surface area contributed by atoms with Crippen LogP contribution in [0.15, 0.2) is 23.3 Å². The minimum atomic E-state index is -2.64. The molecule has 0 spiro atoms. The summed E-state index contributed by atoms with van der Waals surface area (Å²) in [6.07, 6.45) is 2.72. The van der Waals surface area contributed by atoms with Crippen LogP contribution in [-0.4, -0.2) is 76.9 Å². The standard InChI is InChI=1S/C25H31F2N7O3/c1-15(14-36-2)37-24-32-21(22(35)30-12-16-10-25(26,27)11-16)31-23(33-24)34-8-5-17(6-9-34)20-18-4-3-7-28-19(18)13-29-20/h3-4,7,15-17H,5-6,8-14H2,1-2H3,(H,30,35)/t15-/m1/s1. The number of hydrogen-bond donors (Lipinski definition) is 1. The third-order valence-corrected chi connectivity index (χ3v) is 6.97. The second-order valence-electron chi connectivity index (χ2n) is 9.93. The second kappa shape index (κ2) is 10.6. The number of piperidine rings is 1.